The topological polar surface area (TPSA) is 63.4 Å². The minimum atomic E-state index is -4.31. The molecule has 0 unspecified atom stereocenters. The standard InChI is InChI=1S/C10H11F3N2O2S/c11-6-3-8(12)10(9(13)4-6)18(16,17)15-2-1-7(14)5-15/h3-4,7H,1-2,5,14H2/t7-/m1/s1. The second kappa shape index (κ2) is 4.52. The average molecular weight is 280 g/mol. The normalized spacial score (nSPS) is 21.4. The molecule has 1 aromatic rings. The van der Waals surface area contributed by atoms with Crippen molar-refractivity contribution in [3.05, 3.63) is 29.6 Å². The Morgan fingerprint density at radius 3 is 2.22 bits per heavy atom. The lowest BCUT2D eigenvalue weighted by Gasteiger charge is -2.16. The first kappa shape index (κ1) is 13.3. The van der Waals surface area contributed by atoms with Gasteiger partial charge < -0.3 is 5.73 Å². The molecule has 2 N–H and O–H groups in total. The van der Waals surface area contributed by atoms with Gasteiger partial charge in [0.05, 0.1) is 0 Å². The Hall–Kier alpha value is -1.12. The predicted octanol–water partition coefficient (Wildman–Crippen LogP) is 0.826. The van der Waals surface area contributed by atoms with E-state index in [1.165, 1.54) is 0 Å². The molecule has 0 bridgehead atoms. The van der Waals surface area contributed by atoms with Crippen LogP contribution in [-0.4, -0.2) is 31.9 Å². The largest absolute Gasteiger partial charge is 0.326 e. The van der Waals surface area contributed by atoms with E-state index in [4.69, 9.17) is 5.73 Å². The highest BCUT2D eigenvalue weighted by atomic mass is 32.2. The third-order valence-electron chi connectivity index (χ3n) is 2.75. The molecule has 2 rings (SSSR count). The first-order chi connectivity index (χ1) is 8.32. The first-order valence-electron chi connectivity index (χ1n) is 5.22. The molecular formula is C10H11F3N2O2S. The Morgan fingerprint density at radius 2 is 1.78 bits per heavy atom. The van der Waals surface area contributed by atoms with Gasteiger partial charge in [0, 0.05) is 31.3 Å². The van der Waals surface area contributed by atoms with Crippen molar-refractivity contribution in [2.45, 2.75) is 17.4 Å². The molecule has 8 heteroatoms. The predicted molar refractivity (Wildman–Crippen MR) is 57.7 cm³/mol. The van der Waals surface area contributed by atoms with Gasteiger partial charge in [-0.25, -0.2) is 21.6 Å². The van der Waals surface area contributed by atoms with Crippen LogP contribution in [0.25, 0.3) is 0 Å². The van der Waals surface area contributed by atoms with Gasteiger partial charge in [0.1, 0.15) is 17.5 Å². The van der Waals surface area contributed by atoms with Crippen LogP contribution in [0.1, 0.15) is 6.42 Å². The number of nitrogens with zero attached hydrogens (tertiary/aromatic N) is 1. The minimum Gasteiger partial charge on any atom is -0.326 e. The average Bonchev–Trinajstić information content (AvgIpc) is 2.63. The summed E-state index contributed by atoms with van der Waals surface area (Å²) in [6, 6.07) is 0.323. The van der Waals surface area contributed by atoms with Gasteiger partial charge in [-0.3, -0.25) is 0 Å². The van der Waals surface area contributed by atoms with Gasteiger partial charge in [-0.15, -0.1) is 0 Å². The van der Waals surface area contributed by atoms with Crippen LogP contribution < -0.4 is 5.73 Å². The monoisotopic (exact) mass is 280 g/mol. The number of hydrogen-bond acceptors (Lipinski definition) is 3. The number of benzene rings is 1. The Morgan fingerprint density at radius 1 is 1.22 bits per heavy atom. The van der Waals surface area contributed by atoms with Gasteiger partial charge >= 0.3 is 0 Å². The molecule has 4 nitrogen and oxygen atoms in total. The van der Waals surface area contributed by atoms with Gasteiger partial charge in [0.15, 0.2) is 4.90 Å². The second-order valence-corrected chi connectivity index (χ2v) is 5.99. The zero-order valence-electron chi connectivity index (χ0n) is 9.24. The first-order valence-corrected chi connectivity index (χ1v) is 6.66. The van der Waals surface area contributed by atoms with E-state index in [0.717, 1.165) is 4.31 Å². The van der Waals surface area contributed by atoms with E-state index < -0.39 is 32.4 Å². The summed E-state index contributed by atoms with van der Waals surface area (Å²) < 4.78 is 64.5. The lowest BCUT2D eigenvalue weighted by Crippen LogP contribution is -2.33. The number of hydrogen-bond donors (Lipinski definition) is 1. The molecule has 1 atom stereocenters. The Bertz CT molecular complexity index is 553. The molecule has 0 aliphatic carbocycles. The van der Waals surface area contributed by atoms with Crippen LogP contribution in [0.3, 0.4) is 0 Å². The second-order valence-electron chi connectivity index (χ2n) is 4.11. The van der Waals surface area contributed by atoms with Crippen molar-refractivity contribution < 1.29 is 21.6 Å². The van der Waals surface area contributed by atoms with E-state index in [1.54, 1.807) is 0 Å². The summed E-state index contributed by atoms with van der Waals surface area (Å²) in [5.41, 5.74) is 5.55. The van der Waals surface area contributed by atoms with Crippen molar-refractivity contribution in [1.29, 1.82) is 0 Å². The molecule has 1 fully saturated rings. The molecule has 0 spiro atoms. The maximum absolute atomic E-state index is 13.4. The van der Waals surface area contributed by atoms with Crippen LogP contribution in [0.5, 0.6) is 0 Å². The molecule has 0 amide bonds. The lowest BCUT2D eigenvalue weighted by molar-refractivity contribution is 0.447. The summed E-state index contributed by atoms with van der Waals surface area (Å²) >= 11 is 0. The van der Waals surface area contributed by atoms with E-state index >= 15 is 0 Å². The number of sulfonamides is 1. The fraction of sp³-hybridized carbons (Fsp3) is 0.400. The highest BCUT2D eigenvalue weighted by molar-refractivity contribution is 7.89. The summed E-state index contributed by atoms with van der Waals surface area (Å²) in [5.74, 6) is -4.04. The van der Waals surface area contributed by atoms with Crippen LogP contribution in [0.15, 0.2) is 17.0 Å². The minimum absolute atomic E-state index is 0.00140. The van der Waals surface area contributed by atoms with Crippen molar-refractivity contribution >= 4 is 10.0 Å². The Kier molecular flexibility index (Phi) is 3.35. The van der Waals surface area contributed by atoms with Crippen molar-refractivity contribution in [1.82, 2.24) is 4.31 Å². The van der Waals surface area contributed by atoms with Crippen molar-refractivity contribution in [2.24, 2.45) is 5.73 Å². The van der Waals surface area contributed by atoms with Crippen LogP contribution in [0.2, 0.25) is 0 Å². The molecule has 18 heavy (non-hydrogen) atoms. The van der Waals surface area contributed by atoms with Crippen molar-refractivity contribution in [3.63, 3.8) is 0 Å². The molecular weight excluding hydrogens is 269 g/mol. The maximum atomic E-state index is 13.4. The molecule has 1 aliphatic heterocycles. The Balaban J connectivity index is 2.48. The maximum Gasteiger partial charge on any atom is 0.248 e. The zero-order chi connectivity index (χ0) is 13.5. The molecule has 1 heterocycles. The molecule has 0 aromatic heterocycles. The number of halogens is 3. The van der Waals surface area contributed by atoms with Crippen LogP contribution in [-0.2, 0) is 10.0 Å². The van der Waals surface area contributed by atoms with E-state index in [9.17, 15) is 21.6 Å². The summed E-state index contributed by atoms with van der Waals surface area (Å²) in [6.07, 6.45) is 0.420. The molecule has 1 saturated heterocycles. The third-order valence-corrected chi connectivity index (χ3v) is 4.67. The van der Waals surface area contributed by atoms with Gasteiger partial charge in [-0.05, 0) is 6.42 Å². The van der Waals surface area contributed by atoms with Crippen LogP contribution in [0.4, 0.5) is 13.2 Å². The fourth-order valence-corrected chi connectivity index (χ4v) is 3.48. The van der Waals surface area contributed by atoms with E-state index in [-0.39, 0.29) is 19.1 Å². The lowest BCUT2D eigenvalue weighted by atomic mass is 10.3. The fourth-order valence-electron chi connectivity index (χ4n) is 1.88. The van der Waals surface area contributed by atoms with Gasteiger partial charge in [0.2, 0.25) is 10.0 Å². The number of nitrogens with two attached hydrogens (primary N) is 1. The van der Waals surface area contributed by atoms with Gasteiger partial charge in [-0.1, -0.05) is 0 Å². The highest BCUT2D eigenvalue weighted by Crippen LogP contribution is 2.26. The van der Waals surface area contributed by atoms with E-state index in [0.29, 0.717) is 18.6 Å². The van der Waals surface area contributed by atoms with E-state index in [1.807, 2.05) is 0 Å². The quantitative estimate of drug-likeness (QED) is 0.872. The van der Waals surface area contributed by atoms with E-state index in [2.05, 4.69) is 0 Å². The summed E-state index contributed by atoms with van der Waals surface area (Å²) in [7, 11) is -4.31. The molecule has 0 saturated carbocycles. The number of rotatable bonds is 2. The molecule has 100 valence electrons. The third kappa shape index (κ3) is 2.23. The SMILES string of the molecule is N[C@@H]1CCN(S(=O)(=O)c2c(F)cc(F)cc2F)C1. The van der Waals surface area contributed by atoms with Gasteiger partial charge in [-0.2, -0.15) is 4.31 Å². The van der Waals surface area contributed by atoms with Crippen LogP contribution in [0, 0.1) is 17.5 Å². The van der Waals surface area contributed by atoms with Crippen LogP contribution >= 0.6 is 0 Å². The molecule has 1 aliphatic rings. The van der Waals surface area contributed by atoms with Gasteiger partial charge in [0.25, 0.3) is 0 Å². The Labute approximate surface area is 102 Å². The molecule has 1 aromatic carbocycles. The van der Waals surface area contributed by atoms with Crippen molar-refractivity contribution in [3.8, 4) is 0 Å². The summed E-state index contributed by atoms with van der Waals surface area (Å²) in [6.45, 7) is 0.0956. The summed E-state index contributed by atoms with van der Waals surface area (Å²) in [4.78, 5) is -1.13. The summed E-state index contributed by atoms with van der Waals surface area (Å²) in [5, 5.41) is 0. The zero-order valence-corrected chi connectivity index (χ0v) is 10.1. The van der Waals surface area contributed by atoms with Crippen molar-refractivity contribution in [2.75, 3.05) is 13.1 Å². The molecule has 0 radical (unpaired) electrons. The smallest absolute Gasteiger partial charge is 0.248 e. The highest BCUT2D eigenvalue weighted by Gasteiger charge is 2.35.